The van der Waals surface area contributed by atoms with E-state index in [0.717, 1.165) is 4.88 Å². The van der Waals surface area contributed by atoms with Crippen LogP contribution in [0, 0.1) is 0 Å². The maximum Gasteiger partial charge on any atom is 0.401 e. The van der Waals surface area contributed by atoms with Gasteiger partial charge in [-0.25, -0.2) is 0 Å². The Kier molecular flexibility index (Phi) is 4.95. The lowest BCUT2D eigenvalue weighted by Gasteiger charge is -2.13. The highest BCUT2D eigenvalue weighted by Crippen LogP contribution is 2.17. The molecular formula is C10H13F3N2OS. The van der Waals surface area contributed by atoms with Crippen molar-refractivity contribution in [3.05, 3.63) is 22.4 Å². The molecule has 0 aliphatic heterocycles. The van der Waals surface area contributed by atoms with Crippen LogP contribution in [-0.4, -0.2) is 25.2 Å². The zero-order valence-corrected chi connectivity index (χ0v) is 9.99. The van der Waals surface area contributed by atoms with Crippen LogP contribution in [0.4, 0.5) is 13.2 Å². The van der Waals surface area contributed by atoms with E-state index < -0.39 is 18.6 Å². The number of alkyl halides is 3. The number of thiophene rings is 1. The molecule has 0 aromatic carbocycles. The molecule has 1 rings (SSSR count). The number of carbonyl (C=O) groups is 1. The van der Waals surface area contributed by atoms with Gasteiger partial charge in [-0.05, 0) is 18.4 Å². The molecule has 1 atom stereocenters. The summed E-state index contributed by atoms with van der Waals surface area (Å²) >= 11 is 1.49. The van der Waals surface area contributed by atoms with E-state index in [1.165, 1.54) is 11.3 Å². The van der Waals surface area contributed by atoms with Crippen LogP contribution in [-0.2, 0) is 4.79 Å². The van der Waals surface area contributed by atoms with Crippen LogP contribution in [0.5, 0.6) is 0 Å². The smallest absolute Gasteiger partial charge is 0.348 e. The predicted octanol–water partition coefficient (Wildman–Crippen LogP) is 2.08. The number of amides is 1. The zero-order chi connectivity index (χ0) is 12.9. The zero-order valence-electron chi connectivity index (χ0n) is 9.17. The number of rotatable bonds is 5. The summed E-state index contributed by atoms with van der Waals surface area (Å²) in [5.74, 6) is -0.449. The van der Waals surface area contributed by atoms with Gasteiger partial charge in [0.25, 0.3) is 0 Å². The molecule has 3 nitrogen and oxygen atoms in total. The molecule has 1 heterocycles. The Morgan fingerprint density at radius 2 is 2.24 bits per heavy atom. The van der Waals surface area contributed by atoms with Crippen LogP contribution in [0.15, 0.2) is 17.5 Å². The van der Waals surface area contributed by atoms with Crippen molar-refractivity contribution in [1.82, 2.24) is 10.6 Å². The second-order valence-corrected chi connectivity index (χ2v) is 4.50. The number of nitrogens with one attached hydrogen (secondary N) is 2. The van der Waals surface area contributed by atoms with E-state index in [0.29, 0.717) is 0 Å². The third-order valence-electron chi connectivity index (χ3n) is 1.96. The monoisotopic (exact) mass is 266 g/mol. The Morgan fingerprint density at radius 1 is 1.53 bits per heavy atom. The first-order chi connectivity index (χ1) is 7.88. The maximum atomic E-state index is 11.8. The average Bonchev–Trinajstić information content (AvgIpc) is 2.67. The number of hydrogen-bond donors (Lipinski definition) is 2. The van der Waals surface area contributed by atoms with Gasteiger partial charge < -0.3 is 10.6 Å². The van der Waals surface area contributed by atoms with E-state index in [2.05, 4.69) is 5.32 Å². The molecule has 0 unspecified atom stereocenters. The average molecular weight is 266 g/mol. The van der Waals surface area contributed by atoms with Crippen molar-refractivity contribution in [1.29, 1.82) is 0 Å². The van der Waals surface area contributed by atoms with Crippen molar-refractivity contribution in [3.63, 3.8) is 0 Å². The van der Waals surface area contributed by atoms with E-state index in [1.54, 1.807) is 6.92 Å². The minimum atomic E-state index is -4.29. The van der Waals surface area contributed by atoms with E-state index in [4.69, 9.17) is 0 Å². The number of carbonyl (C=O) groups excluding carboxylic acids is 1. The fraction of sp³-hybridized carbons (Fsp3) is 0.500. The Labute approximate surface area is 101 Å². The summed E-state index contributed by atoms with van der Waals surface area (Å²) in [4.78, 5) is 12.3. The van der Waals surface area contributed by atoms with Gasteiger partial charge in [0.1, 0.15) is 0 Å². The fourth-order valence-corrected chi connectivity index (χ4v) is 1.95. The standard InChI is InChI=1S/C10H13F3N2OS/c1-7(8-3-2-4-17-8)15-9(16)5-14-6-10(11,12)13/h2-4,7,14H,5-6H2,1H3,(H,15,16)/t7-/m1/s1. The van der Waals surface area contributed by atoms with Gasteiger partial charge in [0.05, 0.1) is 19.1 Å². The first-order valence-corrected chi connectivity index (χ1v) is 5.86. The largest absolute Gasteiger partial charge is 0.401 e. The second kappa shape index (κ2) is 6.02. The van der Waals surface area contributed by atoms with Crippen LogP contribution < -0.4 is 10.6 Å². The lowest BCUT2D eigenvalue weighted by molar-refractivity contribution is -0.128. The van der Waals surface area contributed by atoms with Crippen LogP contribution in [0.25, 0.3) is 0 Å². The molecular weight excluding hydrogens is 253 g/mol. The molecule has 0 saturated heterocycles. The SMILES string of the molecule is C[C@@H](NC(=O)CNCC(F)(F)F)c1cccs1. The van der Waals surface area contributed by atoms with Crippen LogP contribution in [0.3, 0.4) is 0 Å². The van der Waals surface area contributed by atoms with Crippen molar-refractivity contribution in [3.8, 4) is 0 Å². The van der Waals surface area contributed by atoms with Crippen LogP contribution >= 0.6 is 11.3 Å². The van der Waals surface area contributed by atoms with E-state index >= 15 is 0 Å². The van der Waals surface area contributed by atoms with Crippen molar-refractivity contribution >= 4 is 17.2 Å². The van der Waals surface area contributed by atoms with Gasteiger partial charge in [0.2, 0.25) is 5.91 Å². The van der Waals surface area contributed by atoms with Crippen LogP contribution in [0.2, 0.25) is 0 Å². The molecule has 1 amide bonds. The minimum Gasteiger partial charge on any atom is -0.348 e. The Bertz CT molecular complexity index is 351. The first-order valence-electron chi connectivity index (χ1n) is 4.99. The molecule has 7 heteroatoms. The Hall–Kier alpha value is -1.08. The molecule has 0 saturated carbocycles. The molecule has 0 aliphatic carbocycles. The topological polar surface area (TPSA) is 41.1 Å². The van der Waals surface area contributed by atoms with Crippen molar-refractivity contribution < 1.29 is 18.0 Å². The highest BCUT2D eigenvalue weighted by molar-refractivity contribution is 7.10. The lowest BCUT2D eigenvalue weighted by atomic mass is 10.3. The second-order valence-electron chi connectivity index (χ2n) is 3.52. The molecule has 96 valence electrons. The predicted molar refractivity (Wildman–Crippen MR) is 59.8 cm³/mol. The van der Waals surface area contributed by atoms with Crippen LogP contribution in [0.1, 0.15) is 17.8 Å². The van der Waals surface area contributed by atoms with Crippen molar-refractivity contribution in [2.75, 3.05) is 13.1 Å². The summed E-state index contributed by atoms with van der Waals surface area (Å²) in [5, 5.41) is 6.53. The third kappa shape index (κ3) is 5.69. The first kappa shape index (κ1) is 14.0. The summed E-state index contributed by atoms with van der Waals surface area (Å²) in [6, 6.07) is 3.53. The van der Waals surface area contributed by atoms with Gasteiger partial charge in [0.15, 0.2) is 0 Å². The fourth-order valence-electron chi connectivity index (χ4n) is 1.22. The van der Waals surface area contributed by atoms with E-state index in [9.17, 15) is 18.0 Å². The molecule has 0 spiro atoms. The van der Waals surface area contributed by atoms with E-state index in [-0.39, 0.29) is 12.6 Å². The highest BCUT2D eigenvalue weighted by atomic mass is 32.1. The normalized spacial score (nSPS) is 13.4. The summed E-state index contributed by atoms with van der Waals surface area (Å²) in [7, 11) is 0. The third-order valence-corrected chi connectivity index (χ3v) is 3.01. The van der Waals surface area contributed by atoms with Gasteiger partial charge in [-0.15, -0.1) is 11.3 Å². The van der Waals surface area contributed by atoms with Gasteiger partial charge in [-0.3, -0.25) is 4.79 Å². The number of halogens is 3. The molecule has 0 radical (unpaired) electrons. The van der Waals surface area contributed by atoms with Gasteiger partial charge >= 0.3 is 6.18 Å². The molecule has 1 aromatic rings. The molecule has 1 aromatic heterocycles. The molecule has 17 heavy (non-hydrogen) atoms. The minimum absolute atomic E-state index is 0.185. The molecule has 0 fully saturated rings. The van der Waals surface area contributed by atoms with Gasteiger partial charge in [-0.1, -0.05) is 6.07 Å². The molecule has 0 bridgehead atoms. The number of hydrogen-bond acceptors (Lipinski definition) is 3. The molecule has 0 aliphatic rings. The van der Waals surface area contributed by atoms with Gasteiger partial charge in [0, 0.05) is 4.88 Å². The van der Waals surface area contributed by atoms with Crippen molar-refractivity contribution in [2.24, 2.45) is 0 Å². The van der Waals surface area contributed by atoms with E-state index in [1.807, 2.05) is 22.8 Å². The lowest BCUT2D eigenvalue weighted by Crippen LogP contribution is -2.38. The summed E-state index contributed by atoms with van der Waals surface area (Å²) in [6.07, 6.45) is -4.29. The molecule has 2 N–H and O–H groups in total. The van der Waals surface area contributed by atoms with Crippen molar-refractivity contribution in [2.45, 2.75) is 19.1 Å². The quantitative estimate of drug-likeness (QED) is 0.856. The Balaban J connectivity index is 2.26. The summed E-state index contributed by atoms with van der Waals surface area (Å²) < 4.78 is 35.4. The summed E-state index contributed by atoms with van der Waals surface area (Å²) in [6.45, 7) is 0.288. The highest BCUT2D eigenvalue weighted by Gasteiger charge is 2.26. The summed E-state index contributed by atoms with van der Waals surface area (Å²) in [5.41, 5.74) is 0. The Morgan fingerprint density at radius 3 is 2.76 bits per heavy atom. The van der Waals surface area contributed by atoms with Gasteiger partial charge in [-0.2, -0.15) is 13.2 Å². The maximum absolute atomic E-state index is 11.8.